The molecule has 1 aliphatic heterocycles. The first-order chi connectivity index (χ1) is 10.1. The van der Waals surface area contributed by atoms with Crippen LogP contribution in [0, 0.1) is 5.82 Å². The number of ether oxygens (including phenoxy) is 2. The van der Waals surface area contributed by atoms with Crippen LogP contribution in [0.3, 0.4) is 0 Å². The summed E-state index contributed by atoms with van der Waals surface area (Å²) in [5, 5.41) is 0. The zero-order chi connectivity index (χ0) is 14.8. The van der Waals surface area contributed by atoms with Crippen LogP contribution in [0.25, 0.3) is 5.57 Å². The van der Waals surface area contributed by atoms with Gasteiger partial charge in [-0.2, -0.15) is 0 Å². The van der Waals surface area contributed by atoms with E-state index in [4.69, 9.17) is 9.47 Å². The standard InChI is InChI=1S/C16H16BrFO3/c17-13-5-3-4-11(16(13)18)12-8-10(9-14(12)19)21-15-6-1-2-7-20-15/h3-5,8,10,15H,1-2,6-7,9H2. The Morgan fingerprint density at radius 3 is 2.95 bits per heavy atom. The van der Waals surface area contributed by atoms with Crippen molar-refractivity contribution in [1.82, 2.24) is 0 Å². The van der Waals surface area contributed by atoms with Crippen LogP contribution in [0.4, 0.5) is 4.39 Å². The number of carbonyl (C=O) groups excluding carboxylic acids is 1. The van der Waals surface area contributed by atoms with Crippen LogP contribution in [-0.2, 0) is 14.3 Å². The van der Waals surface area contributed by atoms with Gasteiger partial charge in [0.25, 0.3) is 0 Å². The summed E-state index contributed by atoms with van der Waals surface area (Å²) in [6.45, 7) is 0.697. The molecule has 5 heteroatoms. The maximum atomic E-state index is 14.1. The van der Waals surface area contributed by atoms with Gasteiger partial charge in [0.1, 0.15) is 5.82 Å². The van der Waals surface area contributed by atoms with Gasteiger partial charge < -0.3 is 9.47 Å². The van der Waals surface area contributed by atoms with Gasteiger partial charge in [-0.25, -0.2) is 4.39 Å². The molecule has 1 saturated heterocycles. The molecule has 21 heavy (non-hydrogen) atoms. The molecule has 0 N–H and O–H groups in total. The van der Waals surface area contributed by atoms with E-state index >= 15 is 0 Å². The number of hydrogen-bond donors (Lipinski definition) is 0. The first kappa shape index (κ1) is 14.9. The molecule has 1 aromatic carbocycles. The minimum atomic E-state index is -0.410. The lowest BCUT2D eigenvalue weighted by atomic mass is 10.0. The lowest BCUT2D eigenvalue weighted by Crippen LogP contribution is -2.26. The molecule has 3 rings (SSSR count). The lowest BCUT2D eigenvalue weighted by molar-refractivity contribution is -0.178. The number of benzene rings is 1. The monoisotopic (exact) mass is 354 g/mol. The van der Waals surface area contributed by atoms with Crippen molar-refractivity contribution in [2.75, 3.05) is 6.61 Å². The molecule has 0 saturated carbocycles. The lowest BCUT2D eigenvalue weighted by Gasteiger charge is -2.24. The van der Waals surface area contributed by atoms with E-state index in [-0.39, 0.29) is 24.6 Å². The Balaban J connectivity index is 1.77. The van der Waals surface area contributed by atoms with Crippen molar-refractivity contribution in [3.63, 3.8) is 0 Å². The first-order valence-corrected chi connectivity index (χ1v) is 7.91. The Morgan fingerprint density at radius 2 is 2.19 bits per heavy atom. The second-order valence-electron chi connectivity index (χ2n) is 5.28. The molecule has 1 heterocycles. The smallest absolute Gasteiger partial charge is 0.166 e. The molecule has 0 bridgehead atoms. The van der Waals surface area contributed by atoms with Crippen LogP contribution in [0.15, 0.2) is 28.7 Å². The van der Waals surface area contributed by atoms with Crippen LogP contribution in [0.2, 0.25) is 0 Å². The highest BCUT2D eigenvalue weighted by Crippen LogP contribution is 2.32. The Morgan fingerprint density at radius 1 is 1.33 bits per heavy atom. The molecular weight excluding hydrogens is 339 g/mol. The van der Waals surface area contributed by atoms with Crippen LogP contribution in [-0.4, -0.2) is 24.8 Å². The van der Waals surface area contributed by atoms with E-state index in [0.717, 1.165) is 19.3 Å². The molecule has 0 spiro atoms. The molecule has 2 unspecified atom stereocenters. The van der Waals surface area contributed by atoms with E-state index in [0.29, 0.717) is 22.2 Å². The maximum Gasteiger partial charge on any atom is 0.166 e. The van der Waals surface area contributed by atoms with Crippen molar-refractivity contribution in [1.29, 1.82) is 0 Å². The fourth-order valence-corrected chi connectivity index (χ4v) is 3.05. The van der Waals surface area contributed by atoms with E-state index in [9.17, 15) is 9.18 Å². The van der Waals surface area contributed by atoms with Gasteiger partial charge in [0.05, 0.1) is 10.6 Å². The summed E-state index contributed by atoms with van der Waals surface area (Å²) in [5.74, 6) is -0.500. The molecule has 2 aliphatic rings. The highest BCUT2D eigenvalue weighted by molar-refractivity contribution is 9.10. The third kappa shape index (κ3) is 3.25. The summed E-state index contributed by atoms with van der Waals surface area (Å²) >= 11 is 3.14. The number of ketones is 1. The maximum absolute atomic E-state index is 14.1. The predicted molar refractivity (Wildman–Crippen MR) is 80.2 cm³/mol. The molecular formula is C16H16BrFO3. The first-order valence-electron chi connectivity index (χ1n) is 7.11. The van der Waals surface area contributed by atoms with Gasteiger partial charge >= 0.3 is 0 Å². The predicted octanol–water partition coefficient (Wildman–Crippen LogP) is 3.86. The van der Waals surface area contributed by atoms with Crippen molar-refractivity contribution in [2.24, 2.45) is 0 Å². The molecule has 1 aromatic rings. The fourth-order valence-electron chi connectivity index (χ4n) is 2.68. The topological polar surface area (TPSA) is 35.5 Å². The molecule has 1 fully saturated rings. The average Bonchev–Trinajstić information content (AvgIpc) is 2.83. The zero-order valence-electron chi connectivity index (χ0n) is 11.5. The van der Waals surface area contributed by atoms with E-state index in [1.807, 2.05) is 0 Å². The minimum Gasteiger partial charge on any atom is -0.353 e. The van der Waals surface area contributed by atoms with E-state index in [1.54, 1.807) is 24.3 Å². The summed E-state index contributed by atoms with van der Waals surface area (Å²) in [7, 11) is 0. The van der Waals surface area contributed by atoms with Crippen molar-refractivity contribution in [3.8, 4) is 0 Å². The second kappa shape index (κ2) is 6.38. The van der Waals surface area contributed by atoms with Crippen LogP contribution >= 0.6 is 15.9 Å². The minimum absolute atomic E-state index is 0.0900. The van der Waals surface area contributed by atoms with Gasteiger partial charge in [-0.15, -0.1) is 0 Å². The SMILES string of the molecule is O=C1CC(OC2CCCCO2)C=C1c1cccc(Br)c1F. The summed E-state index contributed by atoms with van der Waals surface area (Å²) in [4.78, 5) is 12.1. The normalized spacial score (nSPS) is 26.0. The highest BCUT2D eigenvalue weighted by atomic mass is 79.9. The van der Waals surface area contributed by atoms with Crippen LogP contribution in [0.1, 0.15) is 31.2 Å². The van der Waals surface area contributed by atoms with Gasteiger partial charge in [0, 0.05) is 24.2 Å². The van der Waals surface area contributed by atoms with E-state index in [1.165, 1.54) is 0 Å². The Kier molecular flexibility index (Phi) is 4.52. The molecule has 0 amide bonds. The highest BCUT2D eigenvalue weighted by Gasteiger charge is 2.30. The number of halogens is 2. The van der Waals surface area contributed by atoms with Crippen molar-refractivity contribution in [2.45, 2.75) is 38.1 Å². The number of allylic oxidation sites excluding steroid dienone is 1. The van der Waals surface area contributed by atoms with Crippen LogP contribution in [0.5, 0.6) is 0 Å². The Bertz CT molecular complexity index is 579. The Labute approximate surface area is 131 Å². The summed E-state index contributed by atoms with van der Waals surface area (Å²) in [5.41, 5.74) is 0.722. The molecule has 2 atom stereocenters. The Hall–Kier alpha value is -1.04. The number of hydrogen-bond acceptors (Lipinski definition) is 3. The van der Waals surface area contributed by atoms with Crippen molar-refractivity contribution < 1.29 is 18.7 Å². The molecule has 0 aromatic heterocycles. The van der Waals surface area contributed by atoms with Gasteiger partial charge in [-0.1, -0.05) is 12.1 Å². The summed E-state index contributed by atoms with van der Waals surface area (Å²) in [6.07, 6.45) is 4.36. The van der Waals surface area contributed by atoms with E-state index in [2.05, 4.69) is 15.9 Å². The van der Waals surface area contributed by atoms with Gasteiger partial charge in [0.15, 0.2) is 12.1 Å². The van der Waals surface area contributed by atoms with Gasteiger partial charge in [-0.3, -0.25) is 4.79 Å². The van der Waals surface area contributed by atoms with Gasteiger partial charge in [0.2, 0.25) is 0 Å². The average molecular weight is 355 g/mol. The third-order valence-electron chi connectivity index (χ3n) is 3.75. The van der Waals surface area contributed by atoms with Crippen molar-refractivity contribution in [3.05, 3.63) is 40.1 Å². The van der Waals surface area contributed by atoms with Crippen LogP contribution < -0.4 is 0 Å². The summed E-state index contributed by atoms with van der Waals surface area (Å²) < 4.78 is 25.8. The number of rotatable bonds is 3. The molecule has 3 nitrogen and oxygen atoms in total. The quantitative estimate of drug-likeness (QED) is 0.826. The summed E-state index contributed by atoms with van der Waals surface area (Å²) in [6, 6.07) is 4.95. The molecule has 1 aliphatic carbocycles. The third-order valence-corrected chi connectivity index (χ3v) is 4.36. The number of Topliss-reactive ketones (excluding diaryl/α,β-unsaturated/α-hetero) is 1. The van der Waals surface area contributed by atoms with Crippen molar-refractivity contribution >= 4 is 27.3 Å². The molecule has 0 radical (unpaired) electrons. The van der Waals surface area contributed by atoms with Gasteiger partial charge in [-0.05, 0) is 47.3 Å². The number of carbonyl (C=O) groups is 1. The fraction of sp³-hybridized carbons (Fsp3) is 0.438. The zero-order valence-corrected chi connectivity index (χ0v) is 13.1. The molecule has 112 valence electrons. The van der Waals surface area contributed by atoms with E-state index < -0.39 is 5.82 Å². The largest absolute Gasteiger partial charge is 0.353 e. The second-order valence-corrected chi connectivity index (χ2v) is 6.13.